The van der Waals surface area contributed by atoms with Crippen LogP contribution in [0.25, 0.3) is 11.2 Å². The van der Waals surface area contributed by atoms with Crippen molar-refractivity contribution in [3.8, 4) is 0 Å². The van der Waals surface area contributed by atoms with Crippen LogP contribution in [-0.4, -0.2) is 49.7 Å². The van der Waals surface area contributed by atoms with Gasteiger partial charge in [0, 0.05) is 25.3 Å². The first-order valence-corrected chi connectivity index (χ1v) is 8.91. The molecule has 2 aromatic heterocycles. The average Bonchev–Trinajstić information content (AvgIpc) is 2.96. The predicted molar refractivity (Wildman–Crippen MR) is 96.1 cm³/mol. The standard InChI is InChI=1S/C16H22FN5O2S/c1-16(2,3)24-15(23)21-7-4-11(5-8-21)19-13-10-18-14-12(20-13)6-9-22(14)25-17/h6,9-11H,4-5,7-8H2,1-3H3,(H,19,20). The zero-order valence-electron chi connectivity index (χ0n) is 14.5. The summed E-state index contributed by atoms with van der Waals surface area (Å²) in [5.74, 6) is 0.657. The Morgan fingerprint density at radius 1 is 1.40 bits per heavy atom. The SMILES string of the molecule is CC(C)(C)OC(=O)N1CCC(Nc2cnc3c(ccn3SF)n2)CC1. The molecule has 25 heavy (non-hydrogen) atoms. The highest BCUT2D eigenvalue weighted by molar-refractivity contribution is 7.92. The number of ether oxygens (including phenoxy) is 1. The van der Waals surface area contributed by atoms with Gasteiger partial charge in [-0.1, -0.05) is 0 Å². The minimum atomic E-state index is -0.481. The molecule has 0 atom stereocenters. The molecule has 0 aliphatic carbocycles. The van der Waals surface area contributed by atoms with E-state index >= 15 is 0 Å². The minimum absolute atomic E-state index is 0.0976. The first-order chi connectivity index (χ1) is 11.9. The van der Waals surface area contributed by atoms with E-state index in [0.29, 0.717) is 30.1 Å². The van der Waals surface area contributed by atoms with E-state index in [2.05, 4.69) is 15.3 Å². The first-order valence-electron chi connectivity index (χ1n) is 8.23. The Labute approximate surface area is 150 Å². The Hall–Kier alpha value is -2.03. The number of hydrogen-bond donors (Lipinski definition) is 1. The maximum atomic E-state index is 12.7. The van der Waals surface area contributed by atoms with E-state index in [9.17, 15) is 8.68 Å². The average molecular weight is 367 g/mol. The lowest BCUT2D eigenvalue weighted by Crippen LogP contribution is -2.44. The van der Waals surface area contributed by atoms with Crippen molar-refractivity contribution in [2.75, 3.05) is 18.4 Å². The largest absolute Gasteiger partial charge is 0.444 e. The van der Waals surface area contributed by atoms with E-state index in [1.807, 2.05) is 20.8 Å². The Balaban J connectivity index is 1.56. The van der Waals surface area contributed by atoms with Crippen LogP contribution in [0.4, 0.5) is 14.5 Å². The van der Waals surface area contributed by atoms with E-state index in [4.69, 9.17) is 4.74 Å². The molecule has 0 spiro atoms. The number of carbonyl (C=O) groups excluding carboxylic acids is 1. The lowest BCUT2D eigenvalue weighted by molar-refractivity contribution is 0.0210. The molecule has 1 N–H and O–H groups in total. The fourth-order valence-corrected chi connectivity index (χ4v) is 3.07. The third-order valence-corrected chi connectivity index (χ3v) is 4.37. The van der Waals surface area contributed by atoms with Gasteiger partial charge in [0.25, 0.3) is 0 Å². The number of nitrogens with one attached hydrogen (secondary N) is 1. The van der Waals surface area contributed by atoms with E-state index in [1.54, 1.807) is 23.4 Å². The number of hydrogen-bond acceptors (Lipinski definition) is 6. The van der Waals surface area contributed by atoms with Crippen LogP contribution in [0.2, 0.25) is 0 Å². The van der Waals surface area contributed by atoms with Crippen LogP contribution < -0.4 is 5.32 Å². The zero-order valence-corrected chi connectivity index (χ0v) is 15.3. The molecule has 1 fully saturated rings. The van der Waals surface area contributed by atoms with Crippen LogP contribution in [0, 0.1) is 0 Å². The number of likely N-dealkylation sites (tertiary alicyclic amines) is 1. The van der Waals surface area contributed by atoms with Crippen molar-refractivity contribution in [2.24, 2.45) is 0 Å². The molecule has 1 amide bonds. The summed E-state index contributed by atoms with van der Waals surface area (Å²) < 4.78 is 19.4. The number of aromatic nitrogens is 3. The van der Waals surface area contributed by atoms with Crippen molar-refractivity contribution in [1.82, 2.24) is 18.8 Å². The van der Waals surface area contributed by atoms with E-state index in [0.717, 1.165) is 12.8 Å². The normalized spacial score (nSPS) is 16.2. The highest BCUT2D eigenvalue weighted by atomic mass is 32.2. The quantitative estimate of drug-likeness (QED) is 0.893. The van der Waals surface area contributed by atoms with Crippen LogP contribution in [0.3, 0.4) is 0 Å². The van der Waals surface area contributed by atoms with Gasteiger partial charge < -0.3 is 15.0 Å². The summed E-state index contributed by atoms with van der Waals surface area (Å²) in [5, 5.41) is 3.35. The minimum Gasteiger partial charge on any atom is -0.444 e. The number of anilines is 1. The van der Waals surface area contributed by atoms with Crippen LogP contribution in [-0.2, 0) is 4.74 Å². The second-order valence-corrected chi connectivity index (χ2v) is 7.59. The monoisotopic (exact) mass is 367 g/mol. The van der Waals surface area contributed by atoms with Gasteiger partial charge in [-0.15, -0.1) is 3.89 Å². The molecule has 0 bridgehead atoms. The van der Waals surface area contributed by atoms with Gasteiger partial charge in [0.15, 0.2) is 18.0 Å². The summed E-state index contributed by atoms with van der Waals surface area (Å²) in [7, 11) is 0. The van der Waals surface area contributed by atoms with Gasteiger partial charge in [-0.05, 0) is 39.7 Å². The van der Waals surface area contributed by atoms with Gasteiger partial charge in [-0.25, -0.2) is 18.7 Å². The number of amides is 1. The zero-order chi connectivity index (χ0) is 18.0. The first kappa shape index (κ1) is 17.8. The van der Waals surface area contributed by atoms with Crippen molar-refractivity contribution >= 4 is 35.4 Å². The van der Waals surface area contributed by atoms with E-state index in [-0.39, 0.29) is 24.5 Å². The van der Waals surface area contributed by atoms with E-state index < -0.39 is 5.60 Å². The number of piperidine rings is 1. The van der Waals surface area contributed by atoms with E-state index in [1.165, 1.54) is 3.97 Å². The van der Waals surface area contributed by atoms with Crippen LogP contribution in [0.5, 0.6) is 0 Å². The highest BCUT2D eigenvalue weighted by Gasteiger charge is 2.27. The Morgan fingerprint density at radius 2 is 2.12 bits per heavy atom. The fraction of sp³-hybridized carbons (Fsp3) is 0.562. The molecule has 1 aliphatic heterocycles. The molecule has 1 aliphatic rings. The maximum absolute atomic E-state index is 12.7. The number of carbonyl (C=O) groups is 1. The molecule has 136 valence electrons. The van der Waals surface area contributed by atoms with Crippen molar-refractivity contribution < 1.29 is 13.4 Å². The summed E-state index contributed by atoms with van der Waals surface area (Å²) in [6.07, 6.45) is 4.55. The number of halogens is 1. The predicted octanol–water partition coefficient (Wildman–Crippen LogP) is 3.62. The molecule has 1 saturated heterocycles. The Morgan fingerprint density at radius 3 is 2.76 bits per heavy atom. The smallest absolute Gasteiger partial charge is 0.410 e. The lowest BCUT2D eigenvalue weighted by Gasteiger charge is -2.33. The Bertz CT molecular complexity index is 753. The molecule has 9 heteroatoms. The molecule has 0 aromatic carbocycles. The summed E-state index contributed by atoms with van der Waals surface area (Å²) in [5.41, 5.74) is 0.657. The maximum Gasteiger partial charge on any atom is 0.410 e. The number of rotatable bonds is 3. The Kier molecular flexibility index (Phi) is 5.03. The molecular formula is C16H22FN5O2S. The van der Waals surface area contributed by atoms with Crippen LogP contribution in [0.1, 0.15) is 33.6 Å². The van der Waals surface area contributed by atoms with Crippen LogP contribution in [0.15, 0.2) is 18.5 Å². The van der Waals surface area contributed by atoms with Crippen molar-refractivity contribution in [3.63, 3.8) is 0 Å². The fourth-order valence-electron chi connectivity index (χ4n) is 2.75. The molecule has 3 heterocycles. The van der Waals surface area contributed by atoms with Gasteiger partial charge in [-0.3, -0.25) is 0 Å². The van der Waals surface area contributed by atoms with Gasteiger partial charge in [0.2, 0.25) is 0 Å². The van der Waals surface area contributed by atoms with Crippen molar-refractivity contribution in [2.45, 2.75) is 45.3 Å². The van der Waals surface area contributed by atoms with Crippen molar-refractivity contribution in [3.05, 3.63) is 18.5 Å². The summed E-state index contributed by atoms with van der Waals surface area (Å²) in [6.45, 7) is 6.86. The second kappa shape index (κ2) is 7.07. The van der Waals surface area contributed by atoms with Crippen LogP contribution >= 0.6 is 12.3 Å². The summed E-state index contributed by atoms with van der Waals surface area (Å²) in [6, 6.07) is 1.94. The van der Waals surface area contributed by atoms with Gasteiger partial charge in [0.05, 0.1) is 6.20 Å². The second-order valence-electron chi connectivity index (χ2n) is 7.06. The molecule has 3 rings (SSSR count). The number of fused-ring (bicyclic) bond motifs is 1. The van der Waals surface area contributed by atoms with Gasteiger partial charge in [-0.2, -0.15) is 0 Å². The topological polar surface area (TPSA) is 72.3 Å². The third-order valence-electron chi connectivity index (χ3n) is 3.93. The number of nitrogens with zero attached hydrogens (tertiary/aromatic N) is 4. The molecule has 0 radical (unpaired) electrons. The molecule has 0 saturated carbocycles. The molecule has 2 aromatic rings. The van der Waals surface area contributed by atoms with Gasteiger partial charge in [0.1, 0.15) is 16.9 Å². The lowest BCUT2D eigenvalue weighted by atomic mass is 10.1. The summed E-state index contributed by atoms with van der Waals surface area (Å²) in [4.78, 5) is 22.5. The van der Waals surface area contributed by atoms with Gasteiger partial charge >= 0.3 is 6.09 Å². The molecular weight excluding hydrogens is 345 g/mol. The third kappa shape index (κ3) is 4.33. The van der Waals surface area contributed by atoms with Crippen molar-refractivity contribution in [1.29, 1.82) is 0 Å². The molecule has 0 unspecified atom stereocenters. The highest BCUT2D eigenvalue weighted by Crippen LogP contribution is 2.21. The molecule has 7 nitrogen and oxygen atoms in total. The summed E-state index contributed by atoms with van der Waals surface area (Å²) >= 11 is 0.0976.